The average Bonchev–Trinajstić information content (AvgIpc) is 2.34. The van der Waals surface area contributed by atoms with Crippen molar-refractivity contribution in [2.24, 2.45) is 0 Å². The molecule has 56 valence electrons. The van der Waals surface area contributed by atoms with Gasteiger partial charge in [-0.3, -0.25) is 0 Å². The van der Waals surface area contributed by atoms with E-state index in [0.29, 0.717) is 5.15 Å². The quantitative estimate of drug-likeness (QED) is 0.692. The number of benzene rings is 1. The summed E-state index contributed by atoms with van der Waals surface area (Å²) in [5, 5.41) is 1.59. The first kappa shape index (κ1) is 7.53. The van der Waals surface area contributed by atoms with Crippen molar-refractivity contribution >= 4 is 49.1 Å². The summed E-state index contributed by atoms with van der Waals surface area (Å²) in [5.74, 6) is 0. The van der Waals surface area contributed by atoms with Crippen LogP contribution in [-0.4, -0.2) is 4.37 Å². The van der Waals surface area contributed by atoms with Crippen LogP contribution in [0.3, 0.4) is 0 Å². The lowest BCUT2D eigenvalue weighted by Gasteiger charge is -1.90. The van der Waals surface area contributed by atoms with Crippen LogP contribution < -0.4 is 0 Å². The molecule has 1 heterocycles. The molecule has 0 bridgehead atoms. The van der Waals surface area contributed by atoms with E-state index in [2.05, 4.69) is 20.3 Å². The average molecular weight is 249 g/mol. The first-order valence-corrected chi connectivity index (χ1v) is 4.93. The van der Waals surface area contributed by atoms with Crippen LogP contribution in [-0.2, 0) is 0 Å². The van der Waals surface area contributed by atoms with Gasteiger partial charge in [0.2, 0.25) is 0 Å². The third-order valence-corrected chi connectivity index (χ3v) is 3.25. The third-order valence-electron chi connectivity index (χ3n) is 1.41. The third kappa shape index (κ3) is 1.17. The summed E-state index contributed by atoms with van der Waals surface area (Å²) in [7, 11) is 0. The standard InChI is InChI=1S/C7H3BrClNS/c8-4-2-1-3-5-6(4)7(9)10-11-5/h1-3H. The van der Waals surface area contributed by atoms with Crippen molar-refractivity contribution in [2.45, 2.75) is 0 Å². The van der Waals surface area contributed by atoms with Gasteiger partial charge in [0.15, 0.2) is 5.15 Å². The minimum Gasteiger partial charge on any atom is -0.180 e. The molecule has 0 fully saturated rings. The van der Waals surface area contributed by atoms with Gasteiger partial charge in [-0.1, -0.05) is 33.6 Å². The second kappa shape index (κ2) is 2.73. The van der Waals surface area contributed by atoms with E-state index >= 15 is 0 Å². The van der Waals surface area contributed by atoms with Gasteiger partial charge in [0.1, 0.15) is 0 Å². The van der Waals surface area contributed by atoms with Crippen LogP contribution in [0.5, 0.6) is 0 Å². The van der Waals surface area contributed by atoms with Gasteiger partial charge in [0.25, 0.3) is 0 Å². The molecule has 1 aromatic heterocycles. The van der Waals surface area contributed by atoms with Crippen molar-refractivity contribution in [2.75, 3.05) is 0 Å². The molecule has 0 aliphatic heterocycles. The molecule has 1 aromatic carbocycles. The lowest BCUT2D eigenvalue weighted by molar-refractivity contribution is 1.59. The van der Waals surface area contributed by atoms with Gasteiger partial charge in [-0.25, -0.2) is 0 Å². The summed E-state index contributed by atoms with van der Waals surface area (Å²) in [6.45, 7) is 0. The van der Waals surface area contributed by atoms with Gasteiger partial charge < -0.3 is 0 Å². The van der Waals surface area contributed by atoms with Crippen LogP contribution in [0.15, 0.2) is 22.7 Å². The van der Waals surface area contributed by atoms with Gasteiger partial charge in [0.05, 0.1) is 4.70 Å². The number of aromatic nitrogens is 1. The van der Waals surface area contributed by atoms with Crippen LogP contribution >= 0.6 is 39.1 Å². The zero-order chi connectivity index (χ0) is 7.84. The van der Waals surface area contributed by atoms with Crippen LogP contribution in [0.25, 0.3) is 10.1 Å². The Morgan fingerprint density at radius 3 is 3.00 bits per heavy atom. The van der Waals surface area contributed by atoms with Crippen LogP contribution in [0.4, 0.5) is 0 Å². The molecule has 0 spiro atoms. The van der Waals surface area contributed by atoms with Crippen molar-refractivity contribution in [3.8, 4) is 0 Å². The smallest absolute Gasteiger partial charge is 0.151 e. The van der Waals surface area contributed by atoms with Gasteiger partial charge in [-0.2, -0.15) is 4.37 Å². The Hall–Kier alpha value is -0.120. The van der Waals surface area contributed by atoms with E-state index in [1.807, 2.05) is 18.2 Å². The topological polar surface area (TPSA) is 12.9 Å². The zero-order valence-electron chi connectivity index (χ0n) is 5.34. The Morgan fingerprint density at radius 1 is 1.45 bits per heavy atom. The molecule has 0 atom stereocenters. The molecule has 0 radical (unpaired) electrons. The van der Waals surface area contributed by atoms with Crippen molar-refractivity contribution in [3.05, 3.63) is 27.8 Å². The maximum Gasteiger partial charge on any atom is 0.151 e. The molecule has 0 N–H and O–H groups in total. The summed E-state index contributed by atoms with van der Waals surface area (Å²) in [5.41, 5.74) is 0. The molecule has 2 aromatic rings. The van der Waals surface area contributed by atoms with Gasteiger partial charge in [-0.05, 0) is 23.7 Å². The fourth-order valence-corrected chi connectivity index (χ4v) is 2.79. The predicted molar refractivity (Wildman–Crippen MR) is 52.3 cm³/mol. The first-order valence-electron chi connectivity index (χ1n) is 2.98. The van der Waals surface area contributed by atoms with Crippen molar-refractivity contribution in [1.82, 2.24) is 4.37 Å². The molecular formula is C7H3BrClNS. The largest absolute Gasteiger partial charge is 0.180 e. The molecule has 2 rings (SSSR count). The minimum absolute atomic E-state index is 0.581. The monoisotopic (exact) mass is 247 g/mol. The number of fused-ring (bicyclic) bond motifs is 1. The highest BCUT2D eigenvalue weighted by atomic mass is 79.9. The summed E-state index contributed by atoms with van der Waals surface area (Å²) in [6.07, 6.45) is 0. The van der Waals surface area contributed by atoms with Crippen molar-refractivity contribution in [1.29, 1.82) is 0 Å². The number of hydrogen-bond acceptors (Lipinski definition) is 2. The highest BCUT2D eigenvalue weighted by Crippen LogP contribution is 2.32. The van der Waals surface area contributed by atoms with E-state index < -0.39 is 0 Å². The van der Waals surface area contributed by atoms with Gasteiger partial charge >= 0.3 is 0 Å². The van der Waals surface area contributed by atoms with E-state index in [9.17, 15) is 0 Å². The number of hydrogen-bond donors (Lipinski definition) is 0. The normalized spacial score (nSPS) is 10.7. The van der Waals surface area contributed by atoms with E-state index in [1.165, 1.54) is 11.5 Å². The molecule has 0 aliphatic rings. The lowest BCUT2D eigenvalue weighted by Crippen LogP contribution is -1.66. The number of rotatable bonds is 0. The Morgan fingerprint density at radius 2 is 2.27 bits per heavy atom. The second-order valence-corrected chi connectivity index (χ2v) is 4.10. The molecular weight excluding hydrogens is 246 g/mol. The predicted octanol–water partition coefficient (Wildman–Crippen LogP) is 3.71. The highest BCUT2D eigenvalue weighted by Gasteiger charge is 2.05. The maximum absolute atomic E-state index is 5.85. The molecule has 0 saturated carbocycles. The fraction of sp³-hybridized carbons (Fsp3) is 0. The molecule has 0 unspecified atom stereocenters. The molecule has 11 heavy (non-hydrogen) atoms. The second-order valence-electron chi connectivity index (χ2n) is 2.09. The summed E-state index contributed by atoms with van der Waals surface area (Å²) in [4.78, 5) is 0. The Labute approximate surface area is 81.3 Å². The highest BCUT2D eigenvalue weighted by molar-refractivity contribution is 9.10. The molecule has 1 nitrogen and oxygen atoms in total. The molecule has 4 heteroatoms. The Balaban J connectivity index is 2.96. The van der Waals surface area contributed by atoms with Gasteiger partial charge in [0, 0.05) is 9.86 Å². The molecule has 0 aliphatic carbocycles. The summed E-state index contributed by atoms with van der Waals surface area (Å²) >= 11 is 10.7. The van der Waals surface area contributed by atoms with Crippen LogP contribution in [0.2, 0.25) is 5.15 Å². The SMILES string of the molecule is Clc1nsc2cccc(Br)c12. The number of nitrogens with zero attached hydrogens (tertiary/aromatic N) is 1. The summed E-state index contributed by atoms with van der Waals surface area (Å²) < 4.78 is 6.16. The lowest BCUT2D eigenvalue weighted by atomic mass is 10.3. The van der Waals surface area contributed by atoms with E-state index in [1.54, 1.807) is 0 Å². The molecule has 0 saturated heterocycles. The Kier molecular flexibility index (Phi) is 1.87. The maximum atomic E-state index is 5.85. The van der Waals surface area contributed by atoms with Crippen LogP contribution in [0.1, 0.15) is 0 Å². The Bertz CT molecular complexity index is 398. The minimum atomic E-state index is 0.581. The fourth-order valence-electron chi connectivity index (χ4n) is 0.916. The van der Waals surface area contributed by atoms with Gasteiger partial charge in [-0.15, -0.1) is 0 Å². The zero-order valence-corrected chi connectivity index (χ0v) is 8.50. The van der Waals surface area contributed by atoms with E-state index in [4.69, 9.17) is 11.6 Å². The molecule has 0 amide bonds. The number of halogens is 2. The van der Waals surface area contributed by atoms with Crippen LogP contribution in [0, 0.1) is 0 Å². The van der Waals surface area contributed by atoms with Crippen molar-refractivity contribution in [3.63, 3.8) is 0 Å². The van der Waals surface area contributed by atoms with Crippen molar-refractivity contribution < 1.29 is 0 Å². The van der Waals surface area contributed by atoms with E-state index in [0.717, 1.165) is 14.6 Å². The van der Waals surface area contributed by atoms with E-state index in [-0.39, 0.29) is 0 Å². The first-order chi connectivity index (χ1) is 5.29. The summed E-state index contributed by atoms with van der Waals surface area (Å²) in [6, 6.07) is 5.94.